The first-order chi connectivity index (χ1) is 4.83. The maximum Gasteiger partial charge on any atom is 0.149 e. The van der Waals surface area contributed by atoms with Gasteiger partial charge in [-0.3, -0.25) is 4.84 Å². The normalized spacial score (nSPS) is 9.40. The number of nitrogens with zero attached hydrogens (tertiary/aromatic N) is 1. The third-order valence-corrected chi connectivity index (χ3v) is 1.40. The highest BCUT2D eigenvalue weighted by atomic mass is 79.9. The van der Waals surface area contributed by atoms with Crippen molar-refractivity contribution < 1.29 is 4.84 Å². The van der Waals surface area contributed by atoms with Crippen LogP contribution >= 0.6 is 15.9 Å². The van der Waals surface area contributed by atoms with Gasteiger partial charge >= 0.3 is 0 Å². The number of rotatable bonds is 2. The molecule has 0 saturated heterocycles. The highest BCUT2D eigenvalue weighted by Gasteiger charge is 1.89. The third-order valence-electron chi connectivity index (χ3n) is 0.934. The first-order valence-electron chi connectivity index (χ1n) is 2.73. The minimum atomic E-state index is 0.700. The van der Waals surface area contributed by atoms with Gasteiger partial charge in [0.05, 0.1) is 7.11 Å². The molecular weight excluding hydrogens is 196 g/mol. The second-order valence-corrected chi connectivity index (χ2v) is 2.58. The van der Waals surface area contributed by atoms with Gasteiger partial charge in [-0.25, -0.2) is 10.5 Å². The van der Waals surface area contributed by atoms with E-state index in [0.29, 0.717) is 5.82 Å². The van der Waals surface area contributed by atoms with E-state index in [4.69, 9.17) is 0 Å². The Hall–Kier alpha value is -0.610. The predicted octanol–water partition coefficient (Wildman–Crippen LogP) is 1.82. The number of hydrogen-bond donors (Lipinski definition) is 1. The van der Waals surface area contributed by atoms with Crippen LogP contribution < -0.4 is 5.48 Å². The first-order valence-corrected chi connectivity index (χ1v) is 3.53. The summed E-state index contributed by atoms with van der Waals surface area (Å²) in [7, 11) is 1.55. The van der Waals surface area contributed by atoms with Crippen molar-refractivity contribution in [2.45, 2.75) is 0 Å². The fourth-order valence-electron chi connectivity index (χ4n) is 0.541. The number of anilines is 1. The second kappa shape index (κ2) is 3.53. The van der Waals surface area contributed by atoms with E-state index in [1.165, 1.54) is 0 Å². The van der Waals surface area contributed by atoms with Gasteiger partial charge in [0.25, 0.3) is 0 Å². The van der Waals surface area contributed by atoms with Crippen molar-refractivity contribution in [1.82, 2.24) is 4.98 Å². The van der Waals surface area contributed by atoms with E-state index < -0.39 is 0 Å². The molecule has 1 aromatic heterocycles. The Kier molecular flexibility index (Phi) is 2.65. The van der Waals surface area contributed by atoms with E-state index in [0.717, 1.165) is 4.47 Å². The fourth-order valence-corrected chi connectivity index (χ4v) is 0.775. The van der Waals surface area contributed by atoms with Crippen LogP contribution in [0.25, 0.3) is 0 Å². The van der Waals surface area contributed by atoms with Gasteiger partial charge in [-0.05, 0) is 28.1 Å². The Bertz CT molecular complexity index is 199. The summed E-state index contributed by atoms with van der Waals surface area (Å²) in [5.74, 6) is 0.700. The lowest BCUT2D eigenvalue weighted by atomic mass is 10.5. The largest absolute Gasteiger partial charge is 0.278 e. The standard InChI is InChI=1S/C6H7BrN2O/c1-10-9-6-3-2-5(7)4-8-6/h2-4H,1H3,(H,8,9). The molecule has 0 fully saturated rings. The molecule has 1 aromatic rings. The molecule has 0 aliphatic carbocycles. The second-order valence-electron chi connectivity index (χ2n) is 1.67. The zero-order valence-corrected chi connectivity index (χ0v) is 7.05. The fraction of sp³-hybridized carbons (Fsp3) is 0.167. The quantitative estimate of drug-likeness (QED) is 0.744. The van der Waals surface area contributed by atoms with Gasteiger partial charge in [-0.15, -0.1) is 0 Å². The zero-order chi connectivity index (χ0) is 7.40. The van der Waals surface area contributed by atoms with Crippen LogP contribution in [0.5, 0.6) is 0 Å². The molecule has 1 N–H and O–H groups in total. The average Bonchev–Trinajstić information content (AvgIpc) is 1.95. The van der Waals surface area contributed by atoms with Gasteiger partial charge in [0.1, 0.15) is 5.82 Å². The van der Waals surface area contributed by atoms with Crippen LogP contribution in [0.3, 0.4) is 0 Å². The maximum atomic E-state index is 4.64. The van der Waals surface area contributed by atoms with Crippen molar-refractivity contribution in [2.24, 2.45) is 0 Å². The third kappa shape index (κ3) is 1.97. The van der Waals surface area contributed by atoms with E-state index >= 15 is 0 Å². The van der Waals surface area contributed by atoms with Crippen molar-refractivity contribution >= 4 is 21.7 Å². The maximum absolute atomic E-state index is 4.64. The molecule has 0 aromatic carbocycles. The van der Waals surface area contributed by atoms with E-state index in [-0.39, 0.29) is 0 Å². The molecule has 54 valence electrons. The molecule has 4 heteroatoms. The molecule has 0 spiro atoms. The number of pyridine rings is 1. The lowest BCUT2D eigenvalue weighted by Gasteiger charge is -1.99. The minimum absolute atomic E-state index is 0.700. The summed E-state index contributed by atoms with van der Waals surface area (Å²) in [4.78, 5) is 8.62. The summed E-state index contributed by atoms with van der Waals surface area (Å²) in [5.41, 5.74) is 2.60. The van der Waals surface area contributed by atoms with Gasteiger partial charge in [-0.2, -0.15) is 0 Å². The lowest BCUT2D eigenvalue weighted by Crippen LogP contribution is -1.96. The summed E-state index contributed by atoms with van der Waals surface area (Å²) in [6.45, 7) is 0. The molecule has 0 unspecified atom stereocenters. The van der Waals surface area contributed by atoms with Crippen LogP contribution in [0, 0.1) is 0 Å². The van der Waals surface area contributed by atoms with E-state index in [1.807, 2.05) is 12.1 Å². The van der Waals surface area contributed by atoms with Crippen LogP contribution in [0.15, 0.2) is 22.8 Å². The van der Waals surface area contributed by atoms with Crippen LogP contribution in [0.1, 0.15) is 0 Å². The molecule has 1 rings (SSSR count). The molecule has 0 aliphatic rings. The van der Waals surface area contributed by atoms with Crippen molar-refractivity contribution in [1.29, 1.82) is 0 Å². The molecule has 3 nitrogen and oxygen atoms in total. The minimum Gasteiger partial charge on any atom is -0.278 e. The molecule has 1 heterocycles. The summed E-state index contributed by atoms with van der Waals surface area (Å²) in [6, 6.07) is 3.70. The average molecular weight is 203 g/mol. The van der Waals surface area contributed by atoms with Crippen molar-refractivity contribution in [3.05, 3.63) is 22.8 Å². The van der Waals surface area contributed by atoms with Crippen molar-refractivity contribution in [3.8, 4) is 0 Å². The Morgan fingerprint density at radius 3 is 2.90 bits per heavy atom. The van der Waals surface area contributed by atoms with Crippen molar-refractivity contribution in [3.63, 3.8) is 0 Å². The van der Waals surface area contributed by atoms with Gasteiger partial charge in [0, 0.05) is 10.7 Å². The first kappa shape index (κ1) is 7.50. The van der Waals surface area contributed by atoms with Gasteiger partial charge < -0.3 is 0 Å². The summed E-state index contributed by atoms with van der Waals surface area (Å²) in [5, 5.41) is 0. The van der Waals surface area contributed by atoms with Crippen LogP contribution in [0.4, 0.5) is 5.82 Å². The Morgan fingerprint density at radius 1 is 1.60 bits per heavy atom. The summed E-state index contributed by atoms with van der Waals surface area (Å²) < 4.78 is 0.953. The topological polar surface area (TPSA) is 34.1 Å². The van der Waals surface area contributed by atoms with Gasteiger partial charge in [0.15, 0.2) is 0 Å². The lowest BCUT2D eigenvalue weighted by molar-refractivity contribution is 0.269. The predicted molar refractivity (Wildman–Crippen MR) is 42.6 cm³/mol. The number of halogens is 1. The van der Waals surface area contributed by atoms with Crippen LogP contribution in [0.2, 0.25) is 0 Å². The molecule has 0 bridgehead atoms. The van der Waals surface area contributed by atoms with Crippen LogP contribution in [-0.4, -0.2) is 12.1 Å². The Balaban J connectivity index is 2.69. The number of nitrogens with one attached hydrogen (secondary N) is 1. The molecule has 0 aliphatic heterocycles. The van der Waals surface area contributed by atoms with Gasteiger partial charge in [-0.1, -0.05) is 0 Å². The van der Waals surface area contributed by atoms with E-state index in [9.17, 15) is 0 Å². The van der Waals surface area contributed by atoms with E-state index in [1.54, 1.807) is 13.3 Å². The smallest absolute Gasteiger partial charge is 0.149 e. The molecular formula is C6H7BrN2O. The Morgan fingerprint density at radius 2 is 2.40 bits per heavy atom. The molecule has 0 radical (unpaired) electrons. The SMILES string of the molecule is CONc1ccc(Br)cn1. The van der Waals surface area contributed by atoms with Crippen molar-refractivity contribution in [2.75, 3.05) is 12.6 Å². The summed E-state index contributed by atoms with van der Waals surface area (Å²) in [6.07, 6.45) is 1.70. The molecule has 0 amide bonds. The zero-order valence-electron chi connectivity index (χ0n) is 5.47. The number of aromatic nitrogens is 1. The Labute approximate surface area is 67.5 Å². The molecule has 0 atom stereocenters. The van der Waals surface area contributed by atoms with Gasteiger partial charge in [0.2, 0.25) is 0 Å². The highest BCUT2D eigenvalue weighted by molar-refractivity contribution is 9.10. The summed E-state index contributed by atoms with van der Waals surface area (Å²) >= 11 is 3.27. The van der Waals surface area contributed by atoms with E-state index in [2.05, 4.69) is 31.2 Å². The monoisotopic (exact) mass is 202 g/mol. The molecule has 10 heavy (non-hydrogen) atoms. The number of hydrogen-bond acceptors (Lipinski definition) is 3. The highest BCUT2D eigenvalue weighted by Crippen LogP contribution is 2.09. The molecule has 0 saturated carbocycles. The van der Waals surface area contributed by atoms with Crippen LogP contribution in [-0.2, 0) is 4.84 Å².